The highest BCUT2D eigenvalue weighted by Gasteiger charge is 2.33. The lowest BCUT2D eigenvalue weighted by Crippen LogP contribution is -2.54. The minimum Gasteiger partial charge on any atom is -0.370 e. The number of nitrogens with zero attached hydrogens (tertiary/aromatic N) is 6. The molecule has 216 valence electrons. The van der Waals surface area contributed by atoms with Crippen LogP contribution in [0.3, 0.4) is 0 Å². The molecular weight excluding hydrogens is 535 g/mol. The summed E-state index contributed by atoms with van der Waals surface area (Å²) in [5, 5.41) is 8.75. The number of aryl methyl sites for hydroxylation is 1. The van der Waals surface area contributed by atoms with E-state index >= 15 is 4.39 Å². The van der Waals surface area contributed by atoms with Gasteiger partial charge in [0.05, 0.1) is 31.1 Å². The Bertz CT molecular complexity index is 1410. The Kier molecular flexibility index (Phi) is 8.03. The minimum atomic E-state index is -0.674. The van der Waals surface area contributed by atoms with Gasteiger partial charge in [0.25, 0.3) is 5.91 Å². The largest absolute Gasteiger partial charge is 0.370 e. The first kappa shape index (κ1) is 28.3. The Morgan fingerprint density at radius 1 is 1.15 bits per heavy atom. The Morgan fingerprint density at radius 3 is 2.62 bits per heavy atom. The predicted molar refractivity (Wildman–Crippen MR) is 153 cm³/mol. The molecular formula is C28H37FN6O4S. The van der Waals surface area contributed by atoms with Crippen LogP contribution in [0.25, 0.3) is 11.3 Å². The summed E-state index contributed by atoms with van der Waals surface area (Å²) in [6, 6.07) is 3.46. The van der Waals surface area contributed by atoms with Gasteiger partial charge in [0.1, 0.15) is 18.2 Å². The van der Waals surface area contributed by atoms with Crippen LogP contribution in [0, 0.1) is 5.82 Å². The van der Waals surface area contributed by atoms with Crippen LogP contribution in [-0.2, 0) is 41.1 Å². The van der Waals surface area contributed by atoms with Gasteiger partial charge in [-0.1, -0.05) is 0 Å². The Balaban J connectivity index is 1.31. The molecule has 0 saturated carbocycles. The van der Waals surface area contributed by atoms with Crippen molar-refractivity contribution in [1.82, 2.24) is 24.5 Å². The summed E-state index contributed by atoms with van der Waals surface area (Å²) in [6.07, 6.45) is 12.3. The van der Waals surface area contributed by atoms with E-state index in [-0.39, 0.29) is 43.5 Å². The molecule has 3 aromatic rings. The Labute approximate surface area is 235 Å². The van der Waals surface area contributed by atoms with Gasteiger partial charge < -0.3 is 19.3 Å². The van der Waals surface area contributed by atoms with Gasteiger partial charge in [-0.05, 0) is 37.3 Å². The van der Waals surface area contributed by atoms with E-state index in [1.807, 2.05) is 6.20 Å². The van der Waals surface area contributed by atoms with Gasteiger partial charge in [0, 0.05) is 74.1 Å². The van der Waals surface area contributed by atoms with Crippen molar-refractivity contribution in [3.8, 4) is 11.3 Å². The number of anilines is 1. The zero-order valence-corrected chi connectivity index (χ0v) is 24.5. The molecule has 1 saturated heterocycles. The first-order valence-corrected chi connectivity index (χ1v) is 16.3. The molecule has 0 N–H and O–H groups in total. The number of fused-ring (bicyclic) bond motifs is 1. The van der Waals surface area contributed by atoms with E-state index < -0.39 is 10.0 Å². The van der Waals surface area contributed by atoms with Crippen LogP contribution in [0.5, 0.6) is 0 Å². The maximum absolute atomic E-state index is 15.8. The fraction of sp³-hybridized carbons (Fsp3) is 0.500. The number of carbonyl (C=O) groups is 2. The van der Waals surface area contributed by atoms with Crippen LogP contribution in [-0.4, -0.2) is 93.6 Å². The van der Waals surface area contributed by atoms with E-state index in [0.717, 1.165) is 11.3 Å². The van der Waals surface area contributed by atoms with Crippen molar-refractivity contribution < 1.29 is 23.5 Å². The van der Waals surface area contributed by atoms with Gasteiger partial charge in [0.2, 0.25) is 5.91 Å². The van der Waals surface area contributed by atoms with Gasteiger partial charge in [-0.15, -0.1) is 0 Å². The number of benzene rings is 1. The van der Waals surface area contributed by atoms with Crippen LogP contribution in [0.4, 0.5) is 10.1 Å². The van der Waals surface area contributed by atoms with Crippen molar-refractivity contribution in [3.63, 3.8) is 0 Å². The van der Waals surface area contributed by atoms with E-state index in [1.165, 1.54) is 4.90 Å². The highest BCUT2D eigenvalue weighted by Crippen LogP contribution is 2.36. The third-order valence-corrected chi connectivity index (χ3v) is 8.65. The van der Waals surface area contributed by atoms with Crippen LogP contribution in [0.1, 0.15) is 27.9 Å². The van der Waals surface area contributed by atoms with Crippen molar-refractivity contribution in [1.29, 1.82) is 0 Å². The van der Waals surface area contributed by atoms with Crippen LogP contribution in [0.2, 0.25) is 0 Å². The van der Waals surface area contributed by atoms with Gasteiger partial charge >= 0.3 is 0 Å². The SMILES string of the molecule is CN1C(=O)CCc2c1ccc(-c1nn(COCCS(C)(C)C)cc1COC1CN(C(=O)c3cnn(C)c3)C1)c2F. The molecule has 12 heteroatoms. The summed E-state index contributed by atoms with van der Waals surface area (Å²) in [4.78, 5) is 28.0. The average Bonchev–Trinajstić information content (AvgIpc) is 3.49. The molecule has 1 fully saturated rings. The molecule has 0 aliphatic carbocycles. The van der Waals surface area contributed by atoms with Crippen molar-refractivity contribution in [2.24, 2.45) is 7.05 Å². The number of likely N-dealkylation sites (tertiary alicyclic amines) is 1. The molecule has 0 atom stereocenters. The first-order chi connectivity index (χ1) is 19.0. The third kappa shape index (κ3) is 6.08. The molecule has 0 radical (unpaired) electrons. The zero-order chi connectivity index (χ0) is 28.6. The van der Waals surface area contributed by atoms with E-state index in [2.05, 4.69) is 29.0 Å². The maximum atomic E-state index is 15.8. The van der Waals surface area contributed by atoms with Gasteiger partial charge in [-0.2, -0.15) is 10.2 Å². The summed E-state index contributed by atoms with van der Waals surface area (Å²) in [7, 11) is 2.77. The first-order valence-electron chi connectivity index (χ1n) is 13.3. The summed E-state index contributed by atoms with van der Waals surface area (Å²) >= 11 is 0. The Morgan fingerprint density at radius 2 is 1.93 bits per heavy atom. The molecule has 0 spiro atoms. The van der Waals surface area contributed by atoms with Crippen molar-refractivity contribution in [2.45, 2.75) is 32.3 Å². The molecule has 4 heterocycles. The fourth-order valence-electron chi connectivity index (χ4n) is 4.84. The second kappa shape index (κ2) is 11.3. The fourth-order valence-corrected chi connectivity index (χ4v) is 5.46. The molecule has 2 aromatic heterocycles. The zero-order valence-electron chi connectivity index (χ0n) is 23.7. The smallest absolute Gasteiger partial charge is 0.257 e. The normalized spacial score (nSPS) is 16.3. The summed E-state index contributed by atoms with van der Waals surface area (Å²) < 4.78 is 31.1. The molecule has 2 aliphatic heterocycles. The van der Waals surface area contributed by atoms with Crippen LogP contribution >= 0.6 is 10.0 Å². The summed E-state index contributed by atoms with van der Waals surface area (Å²) in [6.45, 7) is 2.04. The quantitative estimate of drug-likeness (QED) is 0.347. The highest BCUT2D eigenvalue weighted by atomic mass is 32.3. The van der Waals surface area contributed by atoms with Crippen molar-refractivity contribution in [3.05, 3.63) is 53.2 Å². The van der Waals surface area contributed by atoms with E-state index in [1.54, 1.807) is 52.9 Å². The lowest BCUT2D eigenvalue weighted by molar-refractivity contribution is -0.118. The molecule has 40 heavy (non-hydrogen) atoms. The number of hydrogen-bond donors (Lipinski definition) is 0. The van der Waals surface area contributed by atoms with E-state index in [0.29, 0.717) is 54.2 Å². The molecule has 0 bridgehead atoms. The number of aromatic nitrogens is 4. The van der Waals surface area contributed by atoms with Crippen molar-refractivity contribution in [2.75, 3.05) is 56.2 Å². The molecule has 0 unspecified atom stereocenters. The van der Waals surface area contributed by atoms with Gasteiger partial charge in [0.15, 0.2) is 0 Å². The van der Waals surface area contributed by atoms with Gasteiger partial charge in [-0.25, -0.2) is 19.1 Å². The molecule has 10 nitrogen and oxygen atoms in total. The minimum absolute atomic E-state index is 0.0242. The second-order valence-corrected chi connectivity index (χ2v) is 15.9. The number of amides is 2. The topological polar surface area (TPSA) is 94.7 Å². The molecule has 5 rings (SSSR count). The van der Waals surface area contributed by atoms with Crippen LogP contribution < -0.4 is 4.90 Å². The number of ether oxygens (including phenoxy) is 2. The molecule has 1 aromatic carbocycles. The Hall–Kier alpha value is -3.22. The lowest BCUT2D eigenvalue weighted by atomic mass is 9.96. The number of halogens is 1. The maximum Gasteiger partial charge on any atom is 0.257 e. The summed E-state index contributed by atoms with van der Waals surface area (Å²) in [5.41, 5.74) is 3.27. The average molecular weight is 573 g/mol. The summed E-state index contributed by atoms with van der Waals surface area (Å²) in [5.74, 6) is 0.523. The van der Waals surface area contributed by atoms with Gasteiger partial charge in [-0.3, -0.25) is 14.3 Å². The standard InChI is InChI=1S/C28H37FN6O4S/c1-32-13-19(12-30-32)28(37)34-15-21(16-34)39-17-20-14-35(18-38-10-11-40(3,4)5)31-27(20)23-6-8-24-22(26(23)29)7-9-25(36)33(24)2/h6,8,12-14,21H,7,9-11,15-18H2,1-5H3. The number of hydrogen-bond acceptors (Lipinski definition) is 6. The number of rotatable bonds is 10. The molecule has 2 aliphatic rings. The second-order valence-electron chi connectivity index (χ2n) is 11.3. The van der Waals surface area contributed by atoms with E-state index in [4.69, 9.17) is 9.47 Å². The van der Waals surface area contributed by atoms with Crippen molar-refractivity contribution >= 4 is 27.5 Å². The predicted octanol–water partition coefficient (Wildman–Crippen LogP) is 3.04. The lowest BCUT2D eigenvalue weighted by Gasteiger charge is -2.38. The van der Waals surface area contributed by atoms with E-state index in [9.17, 15) is 9.59 Å². The highest BCUT2D eigenvalue weighted by molar-refractivity contribution is 8.32. The molecule has 2 amide bonds. The third-order valence-electron chi connectivity index (χ3n) is 7.26. The number of carbonyl (C=O) groups excluding carboxylic acids is 2. The monoisotopic (exact) mass is 572 g/mol. The van der Waals surface area contributed by atoms with Crippen LogP contribution in [0.15, 0.2) is 30.7 Å².